The summed E-state index contributed by atoms with van der Waals surface area (Å²) in [6.07, 6.45) is 4.30. The lowest BCUT2D eigenvalue weighted by molar-refractivity contribution is -0.115. The van der Waals surface area contributed by atoms with Gasteiger partial charge in [-0.05, 0) is 23.8 Å². The number of anilines is 1. The monoisotopic (exact) mass is 214 g/mol. The molecule has 2 rings (SSSR count). The molecule has 0 aliphatic rings. The molecule has 1 N–H and O–H groups in total. The fourth-order valence-electron chi connectivity index (χ4n) is 1.58. The molecule has 0 saturated carbocycles. The van der Waals surface area contributed by atoms with Crippen LogP contribution in [0.15, 0.2) is 48.8 Å². The zero-order valence-electron chi connectivity index (χ0n) is 9.18. The SMILES string of the molecule is Cn1ccc(CC(=O)Nc2ccccc2)c1. The predicted molar refractivity (Wildman–Crippen MR) is 64.2 cm³/mol. The lowest BCUT2D eigenvalue weighted by Gasteiger charge is -2.03. The minimum atomic E-state index is 0.0115. The van der Waals surface area contributed by atoms with Gasteiger partial charge in [0.2, 0.25) is 5.91 Å². The van der Waals surface area contributed by atoms with E-state index in [0.717, 1.165) is 11.3 Å². The Bertz CT molecular complexity index is 474. The molecule has 0 aliphatic carbocycles. The van der Waals surface area contributed by atoms with Crippen LogP contribution in [0.2, 0.25) is 0 Å². The minimum absolute atomic E-state index is 0.0115. The van der Waals surface area contributed by atoms with Crippen molar-refractivity contribution >= 4 is 11.6 Å². The maximum absolute atomic E-state index is 11.7. The number of hydrogen-bond donors (Lipinski definition) is 1. The maximum Gasteiger partial charge on any atom is 0.228 e. The molecule has 2 aromatic rings. The van der Waals surface area contributed by atoms with Crippen LogP contribution in [0.1, 0.15) is 5.56 Å². The number of para-hydroxylation sites is 1. The van der Waals surface area contributed by atoms with Gasteiger partial charge >= 0.3 is 0 Å². The van der Waals surface area contributed by atoms with E-state index in [9.17, 15) is 4.79 Å². The van der Waals surface area contributed by atoms with Gasteiger partial charge in [-0.15, -0.1) is 0 Å². The minimum Gasteiger partial charge on any atom is -0.357 e. The summed E-state index contributed by atoms with van der Waals surface area (Å²) in [5.41, 5.74) is 1.86. The average molecular weight is 214 g/mol. The Hall–Kier alpha value is -2.03. The molecule has 0 spiro atoms. The third-order valence-corrected chi connectivity index (χ3v) is 2.32. The average Bonchev–Trinajstić information content (AvgIpc) is 2.65. The molecule has 1 aromatic carbocycles. The summed E-state index contributed by atoms with van der Waals surface area (Å²) in [6, 6.07) is 11.4. The first kappa shape index (κ1) is 10.5. The number of carbonyl (C=O) groups is 1. The summed E-state index contributed by atoms with van der Waals surface area (Å²) in [5.74, 6) is 0.0115. The highest BCUT2D eigenvalue weighted by Gasteiger charge is 2.04. The molecular weight excluding hydrogens is 200 g/mol. The van der Waals surface area contributed by atoms with Gasteiger partial charge in [-0.3, -0.25) is 4.79 Å². The fraction of sp³-hybridized carbons (Fsp3) is 0.154. The van der Waals surface area contributed by atoms with Gasteiger partial charge in [0.05, 0.1) is 6.42 Å². The molecule has 0 unspecified atom stereocenters. The Morgan fingerprint density at radius 2 is 2.00 bits per heavy atom. The number of rotatable bonds is 3. The zero-order chi connectivity index (χ0) is 11.4. The van der Waals surface area contributed by atoms with Crippen LogP contribution in [-0.4, -0.2) is 10.5 Å². The van der Waals surface area contributed by atoms with E-state index in [1.54, 1.807) is 0 Å². The van der Waals surface area contributed by atoms with Crippen molar-refractivity contribution in [2.75, 3.05) is 5.32 Å². The molecule has 0 aliphatic heterocycles. The molecule has 1 amide bonds. The normalized spacial score (nSPS) is 10.1. The van der Waals surface area contributed by atoms with E-state index in [0.29, 0.717) is 6.42 Å². The number of nitrogens with one attached hydrogen (secondary N) is 1. The van der Waals surface area contributed by atoms with Crippen molar-refractivity contribution < 1.29 is 4.79 Å². The van der Waals surface area contributed by atoms with Gasteiger partial charge in [0.1, 0.15) is 0 Å². The van der Waals surface area contributed by atoms with Gasteiger partial charge in [0.25, 0.3) is 0 Å². The van der Waals surface area contributed by atoms with Gasteiger partial charge in [-0.2, -0.15) is 0 Å². The van der Waals surface area contributed by atoms with Crippen molar-refractivity contribution in [2.24, 2.45) is 7.05 Å². The van der Waals surface area contributed by atoms with Crippen LogP contribution >= 0.6 is 0 Å². The quantitative estimate of drug-likeness (QED) is 0.835. The Balaban J connectivity index is 1.95. The van der Waals surface area contributed by atoms with Crippen LogP contribution in [0.3, 0.4) is 0 Å². The second kappa shape index (κ2) is 4.66. The third-order valence-electron chi connectivity index (χ3n) is 2.32. The smallest absolute Gasteiger partial charge is 0.228 e. The molecule has 0 radical (unpaired) electrons. The van der Waals surface area contributed by atoms with E-state index < -0.39 is 0 Å². The number of hydrogen-bond acceptors (Lipinski definition) is 1. The van der Waals surface area contributed by atoms with E-state index in [4.69, 9.17) is 0 Å². The molecule has 1 heterocycles. The van der Waals surface area contributed by atoms with Gasteiger partial charge < -0.3 is 9.88 Å². The van der Waals surface area contributed by atoms with Crippen molar-refractivity contribution in [3.8, 4) is 0 Å². The van der Waals surface area contributed by atoms with E-state index in [1.807, 2.05) is 60.4 Å². The molecule has 0 fully saturated rings. The van der Waals surface area contributed by atoms with Crippen molar-refractivity contribution in [2.45, 2.75) is 6.42 Å². The first-order valence-corrected chi connectivity index (χ1v) is 5.20. The molecule has 0 saturated heterocycles. The topological polar surface area (TPSA) is 34.0 Å². The Labute approximate surface area is 94.7 Å². The van der Waals surface area contributed by atoms with Crippen LogP contribution in [0.5, 0.6) is 0 Å². The first-order valence-electron chi connectivity index (χ1n) is 5.20. The fourth-order valence-corrected chi connectivity index (χ4v) is 1.58. The molecule has 16 heavy (non-hydrogen) atoms. The van der Waals surface area contributed by atoms with Crippen molar-refractivity contribution in [1.82, 2.24) is 4.57 Å². The highest BCUT2D eigenvalue weighted by molar-refractivity contribution is 5.92. The van der Waals surface area contributed by atoms with Gasteiger partial charge in [0.15, 0.2) is 0 Å². The molecular formula is C13H14N2O. The van der Waals surface area contributed by atoms with E-state index in [1.165, 1.54) is 0 Å². The van der Waals surface area contributed by atoms with Crippen LogP contribution < -0.4 is 5.32 Å². The highest BCUT2D eigenvalue weighted by Crippen LogP contribution is 2.07. The molecule has 82 valence electrons. The van der Waals surface area contributed by atoms with Gasteiger partial charge in [0, 0.05) is 25.1 Å². The number of nitrogens with zero attached hydrogens (tertiary/aromatic N) is 1. The summed E-state index contributed by atoms with van der Waals surface area (Å²) in [6.45, 7) is 0. The number of amides is 1. The van der Waals surface area contributed by atoms with Crippen molar-refractivity contribution in [3.63, 3.8) is 0 Å². The lowest BCUT2D eigenvalue weighted by Crippen LogP contribution is -2.13. The molecule has 3 nitrogen and oxygen atoms in total. The van der Waals surface area contributed by atoms with E-state index in [2.05, 4.69) is 5.32 Å². The van der Waals surface area contributed by atoms with Crippen molar-refractivity contribution in [1.29, 1.82) is 0 Å². The lowest BCUT2D eigenvalue weighted by atomic mass is 10.2. The summed E-state index contributed by atoms with van der Waals surface area (Å²) in [4.78, 5) is 11.7. The summed E-state index contributed by atoms with van der Waals surface area (Å²) in [5, 5.41) is 2.85. The standard InChI is InChI=1S/C13H14N2O/c1-15-8-7-11(10-15)9-13(16)14-12-5-3-2-4-6-12/h2-8,10H,9H2,1H3,(H,14,16). The third kappa shape index (κ3) is 2.73. The Morgan fingerprint density at radius 1 is 1.25 bits per heavy atom. The van der Waals surface area contributed by atoms with E-state index >= 15 is 0 Å². The second-order valence-corrected chi connectivity index (χ2v) is 3.78. The van der Waals surface area contributed by atoms with E-state index in [-0.39, 0.29) is 5.91 Å². The van der Waals surface area contributed by atoms with Crippen LogP contribution in [0.4, 0.5) is 5.69 Å². The summed E-state index contributed by atoms with van der Waals surface area (Å²) < 4.78 is 1.94. The molecule has 0 bridgehead atoms. The highest BCUT2D eigenvalue weighted by atomic mass is 16.1. The molecule has 3 heteroatoms. The number of carbonyl (C=O) groups excluding carboxylic acids is 1. The Morgan fingerprint density at radius 3 is 2.62 bits per heavy atom. The molecule has 1 aromatic heterocycles. The Kier molecular flexibility index (Phi) is 3.05. The largest absolute Gasteiger partial charge is 0.357 e. The number of benzene rings is 1. The zero-order valence-corrected chi connectivity index (χ0v) is 9.18. The summed E-state index contributed by atoms with van der Waals surface area (Å²) in [7, 11) is 1.94. The molecule has 0 atom stereocenters. The number of aromatic nitrogens is 1. The maximum atomic E-state index is 11.7. The summed E-state index contributed by atoms with van der Waals surface area (Å²) >= 11 is 0. The van der Waals surface area contributed by atoms with Gasteiger partial charge in [-0.25, -0.2) is 0 Å². The van der Waals surface area contributed by atoms with Crippen LogP contribution in [0, 0.1) is 0 Å². The second-order valence-electron chi connectivity index (χ2n) is 3.78. The van der Waals surface area contributed by atoms with Crippen LogP contribution in [-0.2, 0) is 18.3 Å². The predicted octanol–water partition coefficient (Wildman–Crippen LogP) is 2.21. The first-order chi connectivity index (χ1) is 7.74. The van der Waals surface area contributed by atoms with Gasteiger partial charge in [-0.1, -0.05) is 18.2 Å². The van der Waals surface area contributed by atoms with Crippen molar-refractivity contribution in [3.05, 3.63) is 54.4 Å². The number of aryl methyl sites for hydroxylation is 1. The van der Waals surface area contributed by atoms with Crippen LogP contribution in [0.25, 0.3) is 0 Å².